The summed E-state index contributed by atoms with van der Waals surface area (Å²) in [6.45, 7) is 8.93. The molecule has 23 heavy (non-hydrogen) atoms. The molecule has 0 spiro atoms. The number of carbonyl (C=O) groups is 1. The Hall–Kier alpha value is -1.95. The van der Waals surface area contributed by atoms with E-state index < -0.39 is 0 Å². The number of likely N-dealkylation sites (N-methyl/N-ethyl adjacent to an activating group) is 1. The molecule has 5 nitrogen and oxygen atoms in total. The number of nitrogens with zero attached hydrogens (tertiary/aromatic N) is 3. The number of hydrogen-bond donors (Lipinski definition) is 0. The second-order valence-electron chi connectivity index (χ2n) is 5.87. The van der Waals surface area contributed by atoms with E-state index in [2.05, 4.69) is 16.5 Å². The van der Waals surface area contributed by atoms with Gasteiger partial charge in [-0.15, -0.1) is 11.3 Å². The third kappa shape index (κ3) is 3.22. The maximum atomic E-state index is 12.3. The van der Waals surface area contributed by atoms with Gasteiger partial charge in [-0.05, 0) is 38.7 Å². The molecule has 122 valence electrons. The van der Waals surface area contributed by atoms with Gasteiger partial charge >= 0.3 is 0 Å². The summed E-state index contributed by atoms with van der Waals surface area (Å²) in [6, 6.07) is 0. The zero-order valence-electron chi connectivity index (χ0n) is 13.6. The Labute approximate surface area is 140 Å². The molecule has 1 aliphatic rings. The van der Waals surface area contributed by atoms with Crippen LogP contribution in [0.4, 0.5) is 0 Å². The molecule has 0 bridgehead atoms. The SMILES string of the molecule is C=C(C)CN(CC)C(=O)COc1ncnc2sc3c(c12)CCC3. The van der Waals surface area contributed by atoms with Crippen LogP contribution in [0.15, 0.2) is 18.5 Å². The average Bonchev–Trinajstić information content (AvgIpc) is 3.10. The Bertz CT molecular complexity index is 754. The van der Waals surface area contributed by atoms with Gasteiger partial charge < -0.3 is 9.64 Å². The summed E-state index contributed by atoms with van der Waals surface area (Å²) in [4.78, 5) is 25.0. The highest BCUT2D eigenvalue weighted by atomic mass is 32.1. The Kier molecular flexibility index (Phi) is 4.61. The van der Waals surface area contributed by atoms with Gasteiger partial charge in [0.2, 0.25) is 5.88 Å². The van der Waals surface area contributed by atoms with E-state index in [4.69, 9.17) is 4.74 Å². The average molecular weight is 331 g/mol. The summed E-state index contributed by atoms with van der Waals surface area (Å²) in [5.41, 5.74) is 2.27. The molecule has 0 aliphatic heterocycles. The smallest absolute Gasteiger partial charge is 0.260 e. The van der Waals surface area contributed by atoms with Gasteiger partial charge in [0.15, 0.2) is 6.61 Å². The van der Waals surface area contributed by atoms with Crippen LogP contribution in [0, 0.1) is 0 Å². The number of hydrogen-bond acceptors (Lipinski definition) is 5. The maximum Gasteiger partial charge on any atom is 0.260 e. The third-order valence-corrected chi connectivity index (χ3v) is 5.19. The summed E-state index contributed by atoms with van der Waals surface area (Å²) < 4.78 is 5.76. The van der Waals surface area contributed by atoms with Crippen molar-refractivity contribution in [2.45, 2.75) is 33.1 Å². The highest BCUT2D eigenvalue weighted by molar-refractivity contribution is 7.18. The van der Waals surface area contributed by atoms with Gasteiger partial charge in [0.05, 0.1) is 5.39 Å². The molecule has 2 aromatic heterocycles. The lowest BCUT2D eigenvalue weighted by molar-refractivity contribution is -0.132. The van der Waals surface area contributed by atoms with Gasteiger partial charge in [0.25, 0.3) is 5.91 Å². The van der Waals surface area contributed by atoms with Crippen molar-refractivity contribution in [1.29, 1.82) is 0 Å². The Morgan fingerprint density at radius 2 is 2.26 bits per heavy atom. The van der Waals surface area contributed by atoms with Crippen molar-refractivity contribution in [2.75, 3.05) is 19.7 Å². The predicted molar refractivity (Wildman–Crippen MR) is 92.0 cm³/mol. The first-order chi connectivity index (χ1) is 11.1. The van der Waals surface area contributed by atoms with Crippen molar-refractivity contribution in [3.05, 3.63) is 28.9 Å². The summed E-state index contributed by atoms with van der Waals surface area (Å²) in [5.74, 6) is 0.489. The van der Waals surface area contributed by atoms with Gasteiger partial charge in [-0.25, -0.2) is 9.97 Å². The van der Waals surface area contributed by atoms with Crippen molar-refractivity contribution >= 4 is 27.5 Å². The lowest BCUT2D eigenvalue weighted by Crippen LogP contribution is -2.35. The van der Waals surface area contributed by atoms with Crippen LogP contribution in [-0.2, 0) is 17.6 Å². The molecule has 0 saturated heterocycles. The van der Waals surface area contributed by atoms with Gasteiger partial charge in [-0.3, -0.25) is 4.79 Å². The first-order valence-corrected chi connectivity index (χ1v) is 8.72. The molecule has 0 atom stereocenters. The number of aryl methyl sites for hydroxylation is 2. The van der Waals surface area contributed by atoms with Crippen LogP contribution < -0.4 is 4.74 Å². The molecule has 0 fully saturated rings. The zero-order chi connectivity index (χ0) is 16.4. The van der Waals surface area contributed by atoms with E-state index in [0.717, 1.165) is 28.6 Å². The van der Waals surface area contributed by atoms with E-state index in [1.165, 1.54) is 23.2 Å². The molecule has 3 rings (SSSR count). The highest BCUT2D eigenvalue weighted by Crippen LogP contribution is 2.39. The minimum absolute atomic E-state index is 0.00213. The quantitative estimate of drug-likeness (QED) is 0.764. The van der Waals surface area contributed by atoms with Gasteiger partial charge in [-0.2, -0.15) is 0 Å². The number of ether oxygens (including phenoxy) is 1. The number of aromatic nitrogens is 2. The van der Waals surface area contributed by atoms with Crippen molar-refractivity contribution in [2.24, 2.45) is 0 Å². The van der Waals surface area contributed by atoms with Crippen LogP contribution in [-0.4, -0.2) is 40.5 Å². The summed E-state index contributed by atoms with van der Waals surface area (Å²) in [7, 11) is 0. The summed E-state index contributed by atoms with van der Waals surface area (Å²) in [5, 5.41) is 1.00. The first kappa shape index (κ1) is 15.9. The molecule has 0 radical (unpaired) electrons. The molecule has 2 aromatic rings. The number of rotatable bonds is 6. The van der Waals surface area contributed by atoms with E-state index in [1.807, 2.05) is 13.8 Å². The molecule has 0 N–H and O–H groups in total. The van der Waals surface area contributed by atoms with E-state index in [-0.39, 0.29) is 12.5 Å². The molecule has 0 unspecified atom stereocenters. The number of fused-ring (bicyclic) bond motifs is 3. The van der Waals surface area contributed by atoms with E-state index >= 15 is 0 Å². The standard InChI is InChI=1S/C17H21N3O2S/c1-4-20(8-11(2)3)14(21)9-22-16-15-12-6-5-7-13(12)23-17(15)19-10-18-16/h10H,2,4-9H2,1,3H3. The fourth-order valence-electron chi connectivity index (χ4n) is 2.93. The van der Waals surface area contributed by atoms with E-state index in [1.54, 1.807) is 16.2 Å². The van der Waals surface area contributed by atoms with Crippen molar-refractivity contribution in [1.82, 2.24) is 14.9 Å². The Morgan fingerprint density at radius 1 is 1.43 bits per heavy atom. The zero-order valence-corrected chi connectivity index (χ0v) is 14.4. The molecule has 0 aromatic carbocycles. The fraction of sp³-hybridized carbons (Fsp3) is 0.471. The second kappa shape index (κ2) is 6.66. The second-order valence-corrected chi connectivity index (χ2v) is 6.95. The van der Waals surface area contributed by atoms with Gasteiger partial charge in [-0.1, -0.05) is 12.2 Å². The molecule has 6 heteroatoms. The van der Waals surface area contributed by atoms with E-state index in [0.29, 0.717) is 19.0 Å². The van der Waals surface area contributed by atoms with Crippen LogP contribution >= 0.6 is 11.3 Å². The number of carbonyl (C=O) groups excluding carboxylic acids is 1. The van der Waals surface area contributed by atoms with Crippen LogP contribution in [0.1, 0.15) is 30.7 Å². The van der Waals surface area contributed by atoms with Crippen LogP contribution in [0.25, 0.3) is 10.2 Å². The molecular formula is C17H21N3O2S. The van der Waals surface area contributed by atoms with Gasteiger partial charge in [0.1, 0.15) is 11.2 Å². The lowest BCUT2D eigenvalue weighted by atomic mass is 10.2. The first-order valence-electron chi connectivity index (χ1n) is 7.90. The normalized spacial score (nSPS) is 13.1. The van der Waals surface area contributed by atoms with Gasteiger partial charge in [0, 0.05) is 18.0 Å². The van der Waals surface area contributed by atoms with Crippen LogP contribution in [0.3, 0.4) is 0 Å². The third-order valence-electron chi connectivity index (χ3n) is 3.99. The molecule has 1 amide bonds. The van der Waals surface area contributed by atoms with E-state index in [9.17, 15) is 4.79 Å². The predicted octanol–water partition coefficient (Wildman–Crippen LogP) is 2.98. The van der Waals surface area contributed by atoms with Crippen molar-refractivity contribution in [3.8, 4) is 5.88 Å². The highest BCUT2D eigenvalue weighted by Gasteiger charge is 2.22. The molecule has 2 heterocycles. The number of amides is 1. The monoisotopic (exact) mass is 331 g/mol. The molecular weight excluding hydrogens is 310 g/mol. The van der Waals surface area contributed by atoms with Crippen molar-refractivity contribution < 1.29 is 9.53 Å². The largest absolute Gasteiger partial charge is 0.467 e. The maximum absolute atomic E-state index is 12.3. The molecule has 0 saturated carbocycles. The summed E-state index contributed by atoms with van der Waals surface area (Å²) >= 11 is 1.72. The topological polar surface area (TPSA) is 55.3 Å². The Balaban J connectivity index is 1.77. The van der Waals surface area contributed by atoms with Crippen molar-refractivity contribution in [3.63, 3.8) is 0 Å². The fourth-order valence-corrected chi connectivity index (χ4v) is 4.15. The van der Waals surface area contributed by atoms with Crippen LogP contribution in [0.2, 0.25) is 0 Å². The Morgan fingerprint density at radius 3 is 3.00 bits per heavy atom. The summed E-state index contributed by atoms with van der Waals surface area (Å²) in [6.07, 6.45) is 4.84. The van der Waals surface area contributed by atoms with Crippen LogP contribution in [0.5, 0.6) is 5.88 Å². The minimum atomic E-state index is -0.0471. The number of thiophene rings is 1. The minimum Gasteiger partial charge on any atom is -0.467 e. The molecule has 1 aliphatic carbocycles. The lowest BCUT2D eigenvalue weighted by Gasteiger charge is -2.20.